The number of nitrogens with one attached hydrogen (secondary N) is 1. The van der Waals surface area contributed by atoms with Crippen LogP contribution in [0.3, 0.4) is 0 Å². The number of allylic oxidation sites excluding steroid dienone is 8. The Balaban J connectivity index is 2.37. The van der Waals surface area contributed by atoms with E-state index in [1.807, 2.05) is 0 Å². The van der Waals surface area contributed by atoms with Gasteiger partial charge in [0.2, 0.25) is 5.91 Å². The molecule has 1 aliphatic heterocycles. The number of hydrogen-bond donors (Lipinski definition) is 8. The number of ether oxygens (including phenoxy) is 2. The van der Waals surface area contributed by atoms with E-state index in [0.717, 1.165) is 57.8 Å². The number of amides is 1. The van der Waals surface area contributed by atoms with Crippen LogP contribution >= 0.6 is 0 Å². The van der Waals surface area contributed by atoms with E-state index in [1.165, 1.54) is 122 Å². The summed E-state index contributed by atoms with van der Waals surface area (Å²) >= 11 is 0. The van der Waals surface area contributed by atoms with Gasteiger partial charge < -0.3 is 50.5 Å². The lowest BCUT2D eigenvalue weighted by molar-refractivity contribution is -0.303. The van der Waals surface area contributed by atoms with Gasteiger partial charge in [-0.05, 0) is 77.0 Å². The first-order valence-electron chi connectivity index (χ1n) is 27.1. The Morgan fingerprint density at radius 2 is 0.955 bits per heavy atom. The molecule has 0 aromatic carbocycles. The maximum absolute atomic E-state index is 13.1. The topological polar surface area (TPSA) is 189 Å². The Morgan fingerprint density at radius 1 is 0.530 bits per heavy atom. The van der Waals surface area contributed by atoms with Crippen molar-refractivity contribution in [1.82, 2.24) is 5.32 Å². The number of carbonyl (C=O) groups excluding carboxylic acids is 1. The molecular weight excluding hydrogens is 835 g/mol. The number of unbranched alkanes of at least 4 members (excludes halogenated alkanes) is 26. The van der Waals surface area contributed by atoms with Gasteiger partial charge in [0.25, 0.3) is 0 Å². The fourth-order valence-corrected chi connectivity index (χ4v) is 8.39. The van der Waals surface area contributed by atoms with E-state index in [1.54, 1.807) is 0 Å². The van der Waals surface area contributed by atoms with Crippen molar-refractivity contribution < 1.29 is 50.0 Å². The molecule has 11 nitrogen and oxygen atoms in total. The van der Waals surface area contributed by atoms with Gasteiger partial charge in [-0.15, -0.1) is 0 Å². The van der Waals surface area contributed by atoms with Crippen molar-refractivity contribution in [3.63, 3.8) is 0 Å². The van der Waals surface area contributed by atoms with Gasteiger partial charge in [-0.2, -0.15) is 0 Å². The first-order chi connectivity index (χ1) is 32.2. The molecular formula is C55H101NO10. The van der Waals surface area contributed by atoms with Crippen molar-refractivity contribution in [2.24, 2.45) is 0 Å². The SMILES string of the molecule is CCCCC/C=C\C=C/CCCCCCCC(O)C(=O)NC(COC1OC(CO)C(O)C(O)C1O)C(O)C(O)CCC/C=C/CC/C=C/CCCCCCCCCCCCCCCCCC. The normalized spacial score (nSPS) is 21.1. The lowest BCUT2D eigenvalue weighted by Gasteiger charge is -2.40. The zero-order chi connectivity index (χ0) is 48.3. The van der Waals surface area contributed by atoms with Crippen molar-refractivity contribution in [2.45, 2.75) is 281 Å². The molecule has 0 aromatic rings. The zero-order valence-electron chi connectivity index (χ0n) is 41.9. The second-order valence-corrected chi connectivity index (χ2v) is 19.0. The van der Waals surface area contributed by atoms with Gasteiger partial charge in [0.15, 0.2) is 6.29 Å². The fraction of sp³-hybridized carbons (Fsp3) is 0.836. The summed E-state index contributed by atoms with van der Waals surface area (Å²) < 4.78 is 11.1. The molecule has 1 heterocycles. The van der Waals surface area contributed by atoms with Crippen LogP contribution < -0.4 is 5.32 Å². The van der Waals surface area contributed by atoms with Gasteiger partial charge in [0.1, 0.15) is 36.6 Å². The predicted molar refractivity (Wildman–Crippen MR) is 270 cm³/mol. The van der Waals surface area contributed by atoms with Crippen molar-refractivity contribution in [2.75, 3.05) is 13.2 Å². The van der Waals surface area contributed by atoms with Crippen molar-refractivity contribution in [1.29, 1.82) is 0 Å². The van der Waals surface area contributed by atoms with Crippen molar-refractivity contribution in [3.8, 4) is 0 Å². The van der Waals surface area contributed by atoms with Gasteiger partial charge in [-0.25, -0.2) is 0 Å². The summed E-state index contributed by atoms with van der Waals surface area (Å²) in [4.78, 5) is 13.1. The van der Waals surface area contributed by atoms with Crippen LogP contribution in [0.5, 0.6) is 0 Å². The Hall–Kier alpha value is -1.93. The molecule has 0 spiro atoms. The molecule has 1 aliphatic rings. The van der Waals surface area contributed by atoms with E-state index in [-0.39, 0.29) is 12.8 Å². The smallest absolute Gasteiger partial charge is 0.249 e. The second-order valence-electron chi connectivity index (χ2n) is 19.0. The molecule has 1 rings (SSSR count). The third-order valence-corrected chi connectivity index (χ3v) is 12.9. The Kier molecular flexibility index (Phi) is 41.7. The molecule has 386 valence electrons. The largest absolute Gasteiger partial charge is 0.394 e. The Labute approximate surface area is 402 Å². The monoisotopic (exact) mass is 936 g/mol. The van der Waals surface area contributed by atoms with Crippen molar-refractivity contribution >= 4 is 5.91 Å². The van der Waals surface area contributed by atoms with E-state index in [4.69, 9.17) is 9.47 Å². The quantitative estimate of drug-likeness (QED) is 0.0166. The summed E-state index contributed by atoms with van der Waals surface area (Å²) in [6, 6.07) is -1.20. The van der Waals surface area contributed by atoms with Gasteiger partial charge in [0, 0.05) is 0 Å². The van der Waals surface area contributed by atoms with E-state index < -0.39 is 74.2 Å². The highest BCUT2D eigenvalue weighted by atomic mass is 16.7. The molecule has 9 atom stereocenters. The van der Waals surface area contributed by atoms with Crippen LogP contribution in [-0.2, 0) is 14.3 Å². The third-order valence-electron chi connectivity index (χ3n) is 12.9. The standard InChI is InChI=1S/C55H101NO10/c1-3-5-7-9-11-13-15-17-19-20-21-22-23-24-25-26-27-28-29-31-32-34-36-38-40-42-47(58)50(60)46(45-65-55-53(63)52(62)51(61)49(44-57)66-55)56-54(64)48(59)43-41-39-37-35-33-30-18-16-14-12-10-8-6-4-2/h12,14,16,18,28-29,34,36,46-53,55,57-63H,3-11,13,15,17,19-27,30-33,35,37-45H2,1-2H3,(H,56,64)/b14-12-,18-16-,29-28+,36-34+. The van der Waals surface area contributed by atoms with Crippen LogP contribution in [0.4, 0.5) is 0 Å². The first kappa shape index (κ1) is 62.1. The number of hydrogen-bond acceptors (Lipinski definition) is 10. The summed E-state index contributed by atoms with van der Waals surface area (Å²) in [5.74, 6) is -0.724. The molecule has 0 saturated carbocycles. The summed E-state index contributed by atoms with van der Waals surface area (Å²) in [6.07, 6.45) is 43.1. The number of carbonyl (C=O) groups is 1. The average Bonchev–Trinajstić information content (AvgIpc) is 3.32. The first-order valence-corrected chi connectivity index (χ1v) is 27.1. The molecule has 0 aliphatic carbocycles. The van der Waals surface area contributed by atoms with E-state index in [2.05, 4.69) is 67.8 Å². The zero-order valence-corrected chi connectivity index (χ0v) is 41.9. The summed E-state index contributed by atoms with van der Waals surface area (Å²) in [5, 5.41) is 75.9. The molecule has 9 unspecified atom stereocenters. The van der Waals surface area contributed by atoms with Gasteiger partial charge in [-0.1, -0.05) is 197 Å². The molecule has 8 N–H and O–H groups in total. The lowest BCUT2D eigenvalue weighted by atomic mass is 9.98. The number of rotatable bonds is 45. The van der Waals surface area contributed by atoms with Gasteiger partial charge in [-0.3, -0.25) is 4.79 Å². The highest BCUT2D eigenvalue weighted by Gasteiger charge is 2.44. The summed E-state index contributed by atoms with van der Waals surface area (Å²) in [5.41, 5.74) is 0. The molecule has 1 amide bonds. The van der Waals surface area contributed by atoms with Gasteiger partial charge in [0.05, 0.1) is 25.4 Å². The van der Waals surface area contributed by atoms with Crippen LogP contribution in [0.1, 0.15) is 226 Å². The van der Waals surface area contributed by atoms with Crippen molar-refractivity contribution in [3.05, 3.63) is 48.6 Å². The fourth-order valence-electron chi connectivity index (χ4n) is 8.39. The van der Waals surface area contributed by atoms with E-state index in [9.17, 15) is 40.5 Å². The maximum Gasteiger partial charge on any atom is 0.249 e. The summed E-state index contributed by atoms with van der Waals surface area (Å²) in [7, 11) is 0. The summed E-state index contributed by atoms with van der Waals surface area (Å²) in [6.45, 7) is 3.39. The van der Waals surface area contributed by atoms with E-state index >= 15 is 0 Å². The molecule has 1 fully saturated rings. The predicted octanol–water partition coefficient (Wildman–Crippen LogP) is 10.5. The lowest BCUT2D eigenvalue weighted by Crippen LogP contribution is -2.60. The molecule has 1 saturated heterocycles. The molecule has 0 radical (unpaired) electrons. The van der Waals surface area contributed by atoms with Crippen LogP contribution in [0.25, 0.3) is 0 Å². The minimum absolute atomic E-state index is 0.231. The molecule has 0 bridgehead atoms. The number of aliphatic hydroxyl groups excluding tert-OH is 7. The van der Waals surface area contributed by atoms with Crippen LogP contribution in [0.15, 0.2) is 48.6 Å². The minimum Gasteiger partial charge on any atom is -0.394 e. The average molecular weight is 936 g/mol. The van der Waals surface area contributed by atoms with Gasteiger partial charge >= 0.3 is 0 Å². The Bertz CT molecular complexity index is 1210. The van der Waals surface area contributed by atoms with Crippen LogP contribution in [0.2, 0.25) is 0 Å². The van der Waals surface area contributed by atoms with Crippen LogP contribution in [0, 0.1) is 0 Å². The second kappa shape index (κ2) is 44.3. The van der Waals surface area contributed by atoms with E-state index in [0.29, 0.717) is 19.3 Å². The number of aliphatic hydroxyl groups is 7. The van der Waals surface area contributed by atoms with Crippen LogP contribution in [-0.4, -0.2) is 110 Å². The highest BCUT2D eigenvalue weighted by molar-refractivity contribution is 5.80. The third kappa shape index (κ3) is 32.8. The maximum atomic E-state index is 13.1. The molecule has 66 heavy (non-hydrogen) atoms. The minimum atomic E-state index is -1.68. The highest BCUT2D eigenvalue weighted by Crippen LogP contribution is 2.23. The Morgan fingerprint density at radius 3 is 1.47 bits per heavy atom. The molecule has 0 aromatic heterocycles. The molecule has 11 heteroatoms.